The van der Waals surface area contributed by atoms with Crippen LogP contribution >= 0.6 is 0 Å². The molecule has 0 unspecified atom stereocenters. The molecule has 0 aliphatic carbocycles. The van der Waals surface area contributed by atoms with Gasteiger partial charge in [0.1, 0.15) is 0 Å². The quantitative estimate of drug-likeness (QED) is 0.566. The summed E-state index contributed by atoms with van der Waals surface area (Å²) in [6, 6.07) is 0. The highest BCUT2D eigenvalue weighted by atomic mass is 16.5. The van der Waals surface area contributed by atoms with E-state index in [1.165, 1.54) is 0 Å². The molecule has 0 spiro atoms. The molecule has 0 bridgehead atoms. The minimum absolute atomic E-state index is 0.0696. The number of carbonyl (C=O) groups excluding carboxylic acids is 1. The predicted molar refractivity (Wildman–Crippen MR) is 69.0 cm³/mol. The molecule has 0 atom stereocenters. The molecule has 102 valence electrons. The summed E-state index contributed by atoms with van der Waals surface area (Å²) >= 11 is 0. The molecule has 1 N–H and O–H groups in total. The van der Waals surface area contributed by atoms with E-state index < -0.39 is 0 Å². The Balaban J connectivity index is 3.16. The third-order valence-electron chi connectivity index (χ3n) is 2.24. The fourth-order valence-electron chi connectivity index (χ4n) is 1.22. The molecule has 0 aromatic carbocycles. The molecule has 0 aliphatic rings. The fraction of sp³-hybridized carbons (Fsp3) is 0.923. The maximum absolute atomic E-state index is 11.3. The van der Waals surface area contributed by atoms with Crippen LogP contribution in [0.4, 0.5) is 0 Å². The van der Waals surface area contributed by atoms with Crippen molar-refractivity contribution in [3.63, 3.8) is 0 Å². The Morgan fingerprint density at radius 1 is 1.12 bits per heavy atom. The van der Waals surface area contributed by atoms with Crippen LogP contribution in [0.5, 0.6) is 0 Å². The van der Waals surface area contributed by atoms with Crippen LogP contribution in [-0.2, 0) is 14.3 Å². The number of amides is 1. The number of nitrogens with one attached hydrogen (secondary N) is 1. The van der Waals surface area contributed by atoms with Gasteiger partial charge >= 0.3 is 0 Å². The predicted octanol–water partition coefficient (Wildman–Crippen LogP) is 1.98. The van der Waals surface area contributed by atoms with Gasteiger partial charge in [-0.3, -0.25) is 4.79 Å². The highest BCUT2D eigenvalue weighted by molar-refractivity contribution is 5.75. The highest BCUT2D eigenvalue weighted by Crippen LogP contribution is 1.96. The second-order valence-electron chi connectivity index (χ2n) is 4.51. The molecule has 0 aromatic heterocycles. The lowest BCUT2D eigenvalue weighted by atomic mass is 10.1. The number of rotatable bonds is 11. The Morgan fingerprint density at radius 3 is 2.35 bits per heavy atom. The van der Waals surface area contributed by atoms with E-state index in [2.05, 4.69) is 26.1 Å². The van der Waals surface area contributed by atoms with Crippen molar-refractivity contribution in [2.24, 2.45) is 5.92 Å². The number of hydrogen-bond acceptors (Lipinski definition) is 3. The van der Waals surface area contributed by atoms with Gasteiger partial charge in [0.15, 0.2) is 0 Å². The summed E-state index contributed by atoms with van der Waals surface area (Å²) in [6.07, 6.45) is 2.49. The van der Waals surface area contributed by atoms with Crippen LogP contribution in [0.2, 0.25) is 0 Å². The third-order valence-corrected chi connectivity index (χ3v) is 2.24. The van der Waals surface area contributed by atoms with Gasteiger partial charge in [-0.1, -0.05) is 20.8 Å². The van der Waals surface area contributed by atoms with Crippen molar-refractivity contribution in [1.82, 2.24) is 5.32 Å². The first kappa shape index (κ1) is 16.4. The van der Waals surface area contributed by atoms with Crippen LogP contribution < -0.4 is 5.32 Å². The van der Waals surface area contributed by atoms with Gasteiger partial charge < -0.3 is 14.8 Å². The van der Waals surface area contributed by atoms with Crippen LogP contribution in [0.15, 0.2) is 0 Å². The summed E-state index contributed by atoms with van der Waals surface area (Å²) in [5.74, 6) is 0.697. The molecular weight excluding hydrogens is 218 g/mol. The highest BCUT2D eigenvalue weighted by Gasteiger charge is 2.01. The van der Waals surface area contributed by atoms with E-state index >= 15 is 0 Å². The van der Waals surface area contributed by atoms with Gasteiger partial charge in [-0.2, -0.15) is 0 Å². The fourth-order valence-corrected chi connectivity index (χ4v) is 1.22. The zero-order valence-electron chi connectivity index (χ0n) is 11.5. The van der Waals surface area contributed by atoms with Crippen LogP contribution in [-0.4, -0.2) is 38.9 Å². The summed E-state index contributed by atoms with van der Waals surface area (Å²) in [6.45, 7) is 9.56. The monoisotopic (exact) mass is 245 g/mol. The Kier molecular flexibility index (Phi) is 11.4. The second kappa shape index (κ2) is 11.9. The minimum atomic E-state index is 0.0696. The van der Waals surface area contributed by atoms with Gasteiger partial charge in [0.05, 0.1) is 19.8 Å². The first-order valence-electron chi connectivity index (χ1n) is 6.59. The van der Waals surface area contributed by atoms with Crippen LogP contribution in [0, 0.1) is 5.92 Å². The van der Waals surface area contributed by atoms with E-state index in [-0.39, 0.29) is 5.91 Å². The van der Waals surface area contributed by atoms with Crippen molar-refractivity contribution in [2.75, 3.05) is 33.0 Å². The second-order valence-corrected chi connectivity index (χ2v) is 4.51. The maximum atomic E-state index is 11.3. The molecule has 17 heavy (non-hydrogen) atoms. The van der Waals surface area contributed by atoms with Crippen molar-refractivity contribution in [3.8, 4) is 0 Å². The molecule has 0 rings (SSSR count). The van der Waals surface area contributed by atoms with Crippen LogP contribution in [0.25, 0.3) is 0 Å². The zero-order valence-corrected chi connectivity index (χ0v) is 11.5. The first-order chi connectivity index (χ1) is 8.16. The largest absolute Gasteiger partial charge is 0.379 e. The standard InChI is InChI=1S/C13H27NO3/c1-4-8-16-10-11-17-9-6-13(15)14-7-5-12(2)3/h12H,4-11H2,1-3H3,(H,14,15). The molecular formula is C13H27NO3. The van der Waals surface area contributed by atoms with Crippen molar-refractivity contribution >= 4 is 5.91 Å². The third kappa shape index (κ3) is 13.3. The molecule has 0 saturated heterocycles. The molecule has 0 saturated carbocycles. The molecule has 0 aliphatic heterocycles. The molecule has 0 aromatic rings. The number of ether oxygens (including phenoxy) is 2. The Bertz CT molecular complexity index is 184. The lowest BCUT2D eigenvalue weighted by molar-refractivity contribution is -0.122. The van der Waals surface area contributed by atoms with E-state index in [1.807, 2.05) is 0 Å². The van der Waals surface area contributed by atoms with Crippen molar-refractivity contribution < 1.29 is 14.3 Å². The van der Waals surface area contributed by atoms with Gasteiger partial charge in [-0.05, 0) is 18.8 Å². The topological polar surface area (TPSA) is 47.6 Å². The average Bonchev–Trinajstić information content (AvgIpc) is 2.27. The summed E-state index contributed by atoms with van der Waals surface area (Å²) < 4.78 is 10.5. The van der Waals surface area contributed by atoms with E-state index in [0.29, 0.717) is 32.2 Å². The van der Waals surface area contributed by atoms with Gasteiger partial charge in [0.2, 0.25) is 5.91 Å². The molecule has 4 heteroatoms. The van der Waals surface area contributed by atoms with Gasteiger partial charge in [-0.15, -0.1) is 0 Å². The van der Waals surface area contributed by atoms with E-state index in [1.54, 1.807) is 0 Å². The molecule has 1 amide bonds. The smallest absolute Gasteiger partial charge is 0.222 e. The maximum Gasteiger partial charge on any atom is 0.222 e. The summed E-state index contributed by atoms with van der Waals surface area (Å²) in [5.41, 5.74) is 0. The van der Waals surface area contributed by atoms with Crippen molar-refractivity contribution in [3.05, 3.63) is 0 Å². The Morgan fingerprint density at radius 2 is 1.76 bits per heavy atom. The van der Waals surface area contributed by atoms with Crippen LogP contribution in [0.1, 0.15) is 40.0 Å². The first-order valence-corrected chi connectivity index (χ1v) is 6.59. The molecule has 0 radical (unpaired) electrons. The van der Waals surface area contributed by atoms with E-state index in [4.69, 9.17) is 9.47 Å². The summed E-state index contributed by atoms with van der Waals surface area (Å²) in [4.78, 5) is 11.3. The zero-order chi connectivity index (χ0) is 12.9. The van der Waals surface area contributed by atoms with Crippen molar-refractivity contribution in [2.45, 2.75) is 40.0 Å². The lowest BCUT2D eigenvalue weighted by Gasteiger charge is -2.07. The average molecular weight is 245 g/mol. The number of hydrogen-bond donors (Lipinski definition) is 1. The summed E-state index contributed by atoms with van der Waals surface area (Å²) in [5, 5.41) is 2.88. The van der Waals surface area contributed by atoms with Crippen LogP contribution in [0.3, 0.4) is 0 Å². The molecule has 0 fully saturated rings. The minimum Gasteiger partial charge on any atom is -0.379 e. The van der Waals surface area contributed by atoms with Crippen molar-refractivity contribution in [1.29, 1.82) is 0 Å². The molecule has 0 heterocycles. The van der Waals surface area contributed by atoms with Gasteiger partial charge in [0.25, 0.3) is 0 Å². The van der Waals surface area contributed by atoms with E-state index in [9.17, 15) is 4.79 Å². The Hall–Kier alpha value is -0.610. The van der Waals surface area contributed by atoms with Gasteiger partial charge in [-0.25, -0.2) is 0 Å². The normalized spacial score (nSPS) is 10.8. The lowest BCUT2D eigenvalue weighted by Crippen LogP contribution is -2.26. The SMILES string of the molecule is CCCOCCOCCC(=O)NCCC(C)C. The number of carbonyl (C=O) groups is 1. The van der Waals surface area contributed by atoms with Gasteiger partial charge in [0, 0.05) is 19.6 Å². The summed E-state index contributed by atoms with van der Waals surface area (Å²) in [7, 11) is 0. The van der Waals surface area contributed by atoms with E-state index in [0.717, 1.165) is 26.0 Å². The molecule has 4 nitrogen and oxygen atoms in total. The Labute approximate surface area is 105 Å².